The average Bonchev–Trinajstić information content (AvgIpc) is 2.37. The molecule has 0 amide bonds. The molecule has 0 aromatic heterocycles. The number of quaternary nitrogens is 1. The van der Waals surface area contributed by atoms with Crippen LogP contribution in [0.1, 0.15) is 57.8 Å². The molecule has 1 atom stereocenters. The molecule has 1 fully saturated rings. The Balaban J connectivity index is 2.03. The van der Waals surface area contributed by atoms with E-state index in [1.165, 1.54) is 44.9 Å². The third-order valence-corrected chi connectivity index (χ3v) is 5.80. The van der Waals surface area contributed by atoms with E-state index >= 15 is 0 Å². The monoisotopic (exact) mass is 320 g/mol. The molecule has 1 rings (SSSR count). The number of likely N-dealkylation sites (N-methyl/N-ethyl adjacent to an activating group) is 1. The van der Waals surface area contributed by atoms with Crippen LogP contribution in [0.15, 0.2) is 0 Å². The van der Waals surface area contributed by atoms with Crippen LogP contribution in [0.3, 0.4) is 0 Å². The van der Waals surface area contributed by atoms with E-state index in [-0.39, 0.29) is 0 Å². The van der Waals surface area contributed by atoms with Gasteiger partial charge in [0.25, 0.3) is 0 Å². The Morgan fingerprint density at radius 3 is 2.38 bits per heavy atom. The highest BCUT2D eigenvalue weighted by atomic mass is 31.2. The molecule has 126 valence electrons. The van der Waals surface area contributed by atoms with Gasteiger partial charge in [0.1, 0.15) is 13.2 Å². The lowest BCUT2D eigenvalue weighted by Crippen LogP contribution is -2.37. The molecule has 1 unspecified atom stereocenters. The molecule has 0 aromatic carbocycles. The van der Waals surface area contributed by atoms with Gasteiger partial charge < -0.3 is 13.9 Å². The predicted molar refractivity (Wildman–Crippen MR) is 88.6 cm³/mol. The standard InChI is InChI=1S/C16H34NO3P/c1-17(2,3)13-14-20-21(18,19)15-9-5-8-12-16-10-6-4-7-11-16/h16H,4-15H2,1-3H3/p+1. The van der Waals surface area contributed by atoms with Gasteiger partial charge in [-0.05, 0) is 12.3 Å². The van der Waals surface area contributed by atoms with Crippen LogP contribution < -0.4 is 0 Å². The molecule has 1 saturated carbocycles. The van der Waals surface area contributed by atoms with E-state index in [4.69, 9.17) is 4.52 Å². The van der Waals surface area contributed by atoms with Crippen molar-refractivity contribution in [2.75, 3.05) is 40.5 Å². The van der Waals surface area contributed by atoms with Crippen LogP contribution in [0.5, 0.6) is 0 Å². The second-order valence-corrected chi connectivity index (χ2v) is 9.54. The van der Waals surface area contributed by atoms with Gasteiger partial charge in [0.15, 0.2) is 0 Å². The van der Waals surface area contributed by atoms with E-state index in [2.05, 4.69) is 21.1 Å². The van der Waals surface area contributed by atoms with Crippen LogP contribution in [0.2, 0.25) is 0 Å². The van der Waals surface area contributed by atoms with E-state index in [1.54, 1.807) is 0 Å². The first kappa shape index (κ1) is 19.2. The van der Waals surface area contributed by atoms with Gasteiger partial charge in [-0.2, -0.15) is 0 Å². The molecule has 0 saturated heterocycles. The molecule has 4 nitrogen and oxygen atoms in total. The van der Waals surface area contributed by atoms with Gasteiger partial charge in [-0.25, -0.2) is 0 Å². The maximum absolute atomic E-state index is 11.9. The second-order valence-electron chi connectivity index (χ2n) is 7.56. The first-order chi connectivity index (χ1) is 9.79. The number of nitrogens with zero attached hydrogens (tertiary/aromatic N) is 1. The van der Waals surface area contributed by atoms with Crippen LogP contribution in [0.4, 0.5) is 0 Å². The number of rotatable bonds is 10. The SMILES string of the molecule is C[N+](C)(C)CCOP(=O)(O)CCCCCC1CCCCC1. The van der Waals surface area contributed by atoms with Crippen LogP contribution in [-0.4, -0.2) is 49.8 Å². The lowest BCUT2D eigenvalue weighted by atomic mass is 9.86. The molecule has 0 aromatic rings. The molecule has 0 radical (unpaired) electrons. The maximum Gasteiger partial charge on any atom is 0.328 e. The van der Waals surface area contributed by atoms with E-state index in [9.17, 15) is 9.46 Å². The number of hydrogen-bond donors (Lipinski definition) is 1. The van der Waals surface area contributed by atoms with E-state index < -0.39 is 7.60 Å². The lowest BCUT2D eigenvalue weighted by Gasteiger charge is -2.24. The molecule has 21 heavy (non-hydrogen) atoms. The Morgan fingerprint density at radius 1 is 1.10 bits per heavy atom. The maximum atomic E-state index is 11.9. The molecular formula is C16H35NO3P+. The summed E-state index contributed by atoms with van der Waals surface area (Å²) in [5, 5.41) is 0. The van der Waals surface area contributed by atoms with E-state index in [1.807, 2.05) is 0 Å². The van der Waals surface area contributed by atoms with Gasteiger partial charge in [-0.1, -0.05) is 51.4 Å². The minimum atomic E-state index is -3.36. The van der Waals surface area contributed by atoms with Gasteiger partial charge in [0, 0.05) is 6.16 Å². The van der Waals surface area contributed by atoms with Crippen molar-refractivity contribution in [2.24, 2.45) is 5.92 Å². The topological polar surface area (TPSA) is 46.5 Å². The van der Waals surface area contributed by atoms with Gasteiger partial charge in [0.2, 0.25) is 0 Å². The second kappa shape index (κ2) is 9.29. The Morgan fingerprint density at radius 2 is 1.76 bits per heavy atom. The zero-order valence-corrected chi connectivity index (χ0v) is 15.1. The first-order valence-electron chi connectivity index (χ1n) is 8.55. The fourth-order valence-electron chi connectivity index (χ4n) is 2.92. The molecular weight excluding hydrogens is 285 g/mol. The minimum absolute atomic E-state index is 0.314. The summed E-state index contributed by atoms with van der Waals surface area (Å²) in [6, 6.07) is 0. The van der Waals surface area contributed by atoms with Gasteiger partial charge in [0.05, 0.1) is 21.1 Å². The van der Waals surface area contributed by atoms with E-state index in [0.29, 0.717) is 12.8 Å². The summed E-state index contributed by atoms with van der Waals surface area (Å²) >= 11 is 0. The van der Waals surface area contributed by atoms with Crippen molar-refractivity contribution in [2.45, 2.75) is 57.8 Å². The summed E-state index contributed by atoms with van der Waals surface area (Å²) in [6.07, 6.45) is 11.7. The van der Waals surface area contributed by atoms with E-state index in [0.717, 1.165) is 29.8 Å². The van der Waals surface area contributed by atoms with Crippen molar-refractivity contribution in [1.29, 1.82) is 0 Å². The highest BCUT2D eigenvalue weighted by Crippen LogP contribution is 2.42. The quantitative estimate of drug-likeness (QED) is 0.375. The lowest BCUT2D eigenvalue weighted by molar-refractivity contribution is -0.870. The normalized spacial score (nSPS) is 20.4. The zero-order chi connectivity index (χ0) is 15.8. The smallest absolute Gasteiger partial charge is 0.328 e. The van der Waals surface area contributed by atoms with Crippen molar-refractivity contribution in [1.82, 2.24) is 0 Å². The van der Waals surface area contributed by atoms with Crippen LogP contribution in [0.25, 0.3) is 0 Å². The van der Waals surface area contributed by atoms with Crippen molar-refractivity contribution < 1.29 is 18.5 Å². The van der Waals surface area contributed by atoms with Gasteiger partial charge in [-0.15, -0.1) is 0 Å². The zero-order valence-electron chi connectivity index (χ0n) is 14.2. The van der Waals surface area contributed by atoms with Gasteiger partial charge in [-0.3, -0.25) is 4.57 Å². The molecule has 0 aliphatic heterocycles. The minimum Gasteiger partial charge on any atom is -0.329 e. The van der Waals surface area contributed by atoms with Crippen molar-refractivity contribution in [3.05, 3.63) is 0 Å². The molecule has 1 aliphatic rings. The number of hydrogen-bond acceptors (Lipinski definition) is 2. The molecule has 1 N–H and O–H groups in total. The largest absolute Gasteiger partial charge is 0.329 e. The third kappa shape index (κ3) is 10.5. The van der Waals surface area contributed by atoms with Crippen LogP contribution in [0, 0.1) is 5.92 Å². The van der Waals surface area contributed by atoms with Crippen molar-refractivity contribution in [3.63, 3.8) is 0 Å². The molecule has 0 bridgehead atoms. The Bertz CT molecular complexity index is 322. The fraction of sp³-hybridized carbons (Fsp3) is 1.00. The summed E-state index contributed by atoms with van der Waals surface area (Å²) in [6.45, 7) is 1.12. The fourth-order valence-corrected chi connectivity index (χ4v) is 4.04. The molecule has 5 heteroatoms. The average molecular weight is 320 g/mol. The van der Waals surface area contributed by atoms with Crippen LogP contribution in [-0.2, 0) is 9.09 Å². The van der Waals surface area contributed by atoms with Crippen molar-refractivity contribution >= 4 is 7.60 Å². The number of unbranched alkanes of at least 4 members (excludes halogenated alkanes) is 2. The third-order valence-electron chi connectivity index (χ3n) is 4.33. The summed E-state index contributed by atoms with van der Waals surface area (Å²) in [5.74, 6) is 0.917. The Labute approximate surface area is 131 Å². The van der Waals surface area contributed by atoms with Crippen LogP contribution >= 0.6 is 7.60 Å². The first-order valence-corrected chi connectivity index (χ1v) is 10.3. The Kier molecular flexibility index (Phi) is 8.48. The summed E-state index contributed by atoms with van der Waals surface area (Å²) in [5.41, 5.74) is 0. The molecule has 0 heterocycles. The molecule has 1 aliphatic carbocycles. The predicted octanol–water partition coefficient (Wildman–Crippen LogP) is 4.04. The summed E-state index contributed by atoms with van der Waals surface area (Å²) in [7, 11) is 2.80. The van der Waals surface area contributed by atoms with Gasteiger partial charge >= 0.3 is 7.60 Å². The summed E-state index contributed by atoms with van der Waals surface area (Å²) < 4.78 is 17.8. The highest BCUT2D eigenvalue weighted by molar-refractivity contribution is 7.52. The molecule has 0 spiro atoms. The highest BCUT2D eigenvalue weighted by Gasteiger charge is 2.20. The Hall–Kier alpha value is 0.110. The van der Waals surface area contributed by atoms with Crippen molar-refractivity contribution in [3.8, 4) is 0 Å². The summed E-state index contributed by atoms with van der Waals surface area (Å²) in [4.78, 5) is 9.79.